The number of benzene rings is 1. The van der Waals surface area contributed by atoms with E-state index in [-0.39, 0.29) is 0 Å². The van der Waals surface area contributed by atoms with Gasteiger partial charge in [0.05, 0.1) is 11.1 Å². The Morgan fingerprint density at radius 1 is 0.905 bits per heavy atom. The van der Waals surface area contributed by atoms with Crippen molar-refractivity contribution in [3.8, 4) is 0 Å². The summed E-state index contributed by atoms with van der Waals surface area (Å²) >= 11 is 0. The molecule has 1 rings (SSSR count). The first-order valence-corrected chi connectivity index (χ1v) is 6.08. The molecule has 0 heterocycles. The average molecular weight is 287 g/mol. The van der Waals surface area contributed by atoms with Crippen LogP contribution in [0.15, 0.2) is 34.3 Å². The molecular weight excluding hydrogens is 270 g/mol. The average Bonchev–Trinajstić information content (AvgIpc) is 2.40. The van der Waals surface area contributed by atoms with Crippen LogP contribution in [0.25, 0.3) is 0 Å². The Morgan fingerprint density at radius 2 is 1.24 bits per heavy atom. The summed E-state index contributed by atoms with van der Waals surface area (Å²) in [5.74, 6) is 0. The van der Waals surface area contributed by atoms with Gasteiger partial charge in [-0.15, -0.1) is 0 Å². The molecule has 0 aliphatic heterocycles. The highest BCUT2D eigenvalue weighted by Crippen LogP contribution is 2.30. The van der Waals surface area contributed by atoms with E-state index in [9.17, 15) is 9.59 Å². The fourth-order valence-corrected chi connectivity index (χ4v) is 1.64. The minimum atomic E-state index is -0.640. The molecule has 0 fully saturated rings. The van der Waals surface area contributed by atoms with Gasteiger partial charge < -0.3 is 0 Å². The quantitative estimate of drug-likeness (QED) is 0.680. The summed E-state index contributed by atoms with van der Waals surface area (Å²) in [6, 6.07) is 7.51. The zero-order valence-corrected chi connectivity index (χ0v) is 12.4. The van der Waals surface area contributed by atoms with Crippen molar-refractivity contribution in [3.05, 3.63) is 35.4 Å². The molecule has 0 amide bonds. The van der Waals surface area contributed by atoms with E-state index in [1.807, 2.05) is 52.0 Å². The van der Waals surface area contributed by atoms with Crippen LogP contribution < -0.4 is 0 Å². The van der Waals surface area contributed by atoms with Gasteiger partial charge in [0.15, 0.2) is 0 Å². The Balaban J connectivity index is 0.00000122. The van der Waals surface area contributed by atoms with Crippen LogP contribution in [0, 0.1) is 5.41 Å². The van der Waals surface area contributed by atoms with E-state index in [0.29, 0.717) is 0 Å². The largest absolute Gasteiger partial charge is 0.235 e. The van der Waals surface area contributed by atoms with Crippen molar-refractivity contribution in [1.82, 2.24) is 0 Å². The van der Waals surface area contributed by atoms with Gasteiger partial charge >= 0.3 is 0 Å². The van der Waals surface area contributed by atoms with Gasteiger partial charge in [-0.3, -0.25) is 0 Å². The zero-order chi connectivity index (χ0) is 16.5. The van der Waals surface area contributed by atoms with Crippen LogP contribution in [-0.2, 0) is 25.5 Å². The molecule has 0 unspecified atom stereocenters. The lowest BCUT2D eigenvalue weighted by Crippen LogP contribution is -2.18. The highest BCUT2D eigenvalue weighted by molar-refractivity contribution is 5.41. The number of carbonyl (C=O) groups excluding carboxylic acids is 3. The van der Waals surface area contributed by atoms with Gasteiger partial charge in [-0.05, 0) is 38.8 Å². The monoisotopic (exact) mass is 287 g/mol. The fraction of sp³-hybridized carbons (Fsp3) is 0.400. The van der Waals surface area contributed by atoms with E-state index in [4.69, 9.17) is 10.2 Å². The van der Waals surface area contributed by atoms with E-state index >= 15 is 0 Å². The van der Waals surface area contributed by atoms with Gasteiger partial charge in [0.25, 0.3) is 0 Å². The summed E-state index contributed by atoms with van der Waals surface area (Å²) in [5.41, 5.74) is 0.465. The third-order valence-corrected chi connectivity index (χ3v) is 2.93. The first-order chi connectivity index (χ1) is 9.75. The number of rotatable bonds is 4. The number of isocyanates is 3. The molecule has 0 saturated carbocycles. The molecule has 6 nitrogen and oxygen atoms in total. The van der Waals surface area contributed by atoms with E-state index in [1.54, 1.807) is 12.2 Å². The Kier molecular flexibility index (Phi) is 6.85. The summed E-state index contributed by atoms with van der Waals surface area (Å²) in [6.45, 7) is 7.31. The molecule has 21 heavy (non-hydrogen) atoms. The molecule has 0 spiro atoms. The smallest absolute Gasteiger partial charge is 0.222 e. The summed E-state index contributed by atoms with van der Waals surface area (Å²) < 4.78 is 0. The van der Waals surface area contributed by atoms with Crippen molar-refractivity contribution in [1.29, 1.82) is 5.41 Å². The standard InChI is InChI=1S/C14H16N2O2.CHNO/c1-13(2,15-9-17)11-6-5-7-12(8-11)14(3,4)16-10-18;2-1-3/h5-8H,1-4H3;2H. The molecule has 0 radical (unpaired) electrons. The maximum atomic E-state index is 10.4. The highest BCUT2D eigenvalue weighted by Gasteiger charge is 2.24. The molecule has 1 aromatic rings. The molecule has 6 heteroatoms. The predicted molar refractivity (Wildman–Crippen MR) is 77.2 cm³/mol. The van der Waals surface area contributed by atoms with Crippen LogP contribution in [0.3, 0.4) is 0 Å². The maximum absolute atomic E-state index is 10.4. The van der Waals surface area contributed by atoms with Crippen molar-refractivity contribution >= 4 is 18.2 Å². The summed E-state index contributed by atoms with van der Waals surface area (Å²) in [6.07, 6.45) is 3.91. The number of nitrogens with one attached hydrogen (secondary N) is 1. The summed E-state index contributed by atoms with van der Waals surface area (Å²) in [4.78, 5) is 36.7. The van der Waals surface area contributed by atoms with Crippen molar-refractivity contribution < 1.29 is 14.4 Å². The fourth-order valence-electron chi connectivity index (χ4n) is 1.64. The second-order valence-electron chi connectivity index (χ2n) is 5.21. The molecular formula is C15H17N3O3. The lowest BCUT2D eigenvalue weighted by molar-refractivity contribution is 0.512. The Morgan fingerprint density at radius 3 is 1.52 bits per heavy atom. The van der Waals surface area contributed by atoms with Crippen molar-refractivity contribution in [2.75, 3.05) is 0 Å². The molecule has 110 valence electrons. The minimum absolute atomic E-state index is 0.640. The van der Waals surface area contributed by atoms with Crippen LogP contribution in [0.4, 0.5) is 0 Å². The minimum Gasteiger partial charge on any atom is -0.222 e. The third kappa shape index (κ3) is 5.47. The molecule has 0 bridgehead atoms. The SMILES string of the molecule is CC(C)(N=C=O)c1cccc(C(C)(C)N=C=O)c1.N=C=O. The summed E-state index contributed by atoms with van der Waals surface area (Å²) in [7, 11) is 0. The van der Waals surface area contributed by atoms with Gasteiger partial charge in [-0.2, -0.15) is 9.98 Å². The second-order valence-corrected chi connectivity index (χ2v) is 5.21. The van der Waals surface area contributed by atoms with Gasteiger partial charge in [-0.25, -0.2) is 19.8 Å². The number of nitrogens with zero attached hydrogens (tertiary/aromatic N) is 2. The van der Waals surface area contributed by atoms with E-state index in [0.717, 1.165) is 17.2 Å². The van der Waals surface area contributed by atoms with Gasteiger partial charge in [0.2, 0.25) is 18.2 Å². The van der Waals surface area contributed by atoms with Crippen molar-refractivity contribution in [2.24, 2.45) is 9.98 Å². The van der Waals surface area contributed by atoms with Crippen LogP contribution in [0.5, 0.6) is 0 Å². The van der Waals surface area contributed by atoms with Crippen LogP contribution >= 0.6 is 0 Å². The molecule has 0 aliphatic rings. The predicted octanol–water partition coefficient (Wildman–Crippen LogP) is 2.73. The molecule has 0 aromatic heterocycles. The Labute approximate surface area is 123 Å². The van der Waals surface area contributed by atoms with Crippen molar-refractivity contribution in [3.63, 3.8) is 0 Å². The highest BCUT2D eigenvalue weighted by atomic mass is 16.1. The van der Waals surface area contributed by atoms with Crippen molar-refractivity contribution in [2.45, 2.75) is 38.8 Å². The zero-order valence-electron chi connectivity index (χ0n) is 12.4. The van der Waals surface area contributed by atoms with Gasteiger partial charge in [0.1, 0.15) is 0 Å². The second kappa shape index (κ2) is 7.83. The lowest BCUT2D eigenvalue weighted by Gasteiger charge is -2.23. The topological polar surface area (TPSA) is 99.8 Å². The molecule has 0 saturated heterocycles. The number of aliphatic imine (C=N–C) groups is 2. The van der Waals surface area contributed by atoms with Gasteiger partial charge in [-0.1, -0.05) is 24.3 Å². The first kappa shape index (κ1) is 18.4. The molecule has 1 aromatic carbocycles. The normalized spacial score (nSPS) is 10.1. The van der Waals surface area contributed by atoms with E-state index in [1.165, 1.54) is 0 Å². The third-order valence-electron chi connectivity index (χ3n) is 2.93. The molecule has 1 N–H and O–H groups in total. The van der Waals surface area contributed by atoms with Crippen LogP contribution in [0.2, 0.25) is 0 Å². The van der Waals surface area contributed by atoms with Crippen LogP contribution in [0.1, 0.15) is 38.8 Å². The number of hydrogen-bond donors (Lipinski definition) is 1. The summed E-state index contributed by atoms with van der Waals surface area (Å²) in [5, 5.41) is 5.40. The van der Waals surface area contributed by atoms with Gasteiger partial charge in [0, 0.05) is 0 Å². The van der Waals surface area contributed by atoms with Crippen LogP contribution in [-0.4, -0.2) is 18.2 Å². The Bertz CT molecular complexity index is 572. The van der Waals surface area contributed by atoms with E-state index in [2.05, 4.69) is 9.98 Å². The Hall–Kier alpha value is -2.64. The maximum Gasteiger partial charge on any atom is 0.235 e. The first-order valence-electron chi connectivity index (χ1n) is 6.08. The molecule has 0 atom stereocenters. The lowest BCUT2D eigenvalue weighted by atomic mass is 9.88. The number of hydrogen-bond acceptors (Lipinski definition) is 6. The molecule has 0 aliphatic carbocycles. The van der Waals surface area contributed by atoms with E-state index < -0.39 is 11.1 Å².